The molecule has 1 aromatic heterocycles. The van der Waals surface area contributed by atoms with Crippen molar-refractivity contribution in [1.29, 1.82) is 0 Å². The van der Waals surface area contributed by atoms with Gasteiger partial charge in [-0.2, -0.15) is 0 Å². The number of halogens is 1. The van der Waals surface area contributed by atoms with Gasteiger partial charge >= 0.3 is 5.97 Å². The van der Waals surface area contributed by atoms with E-state index in [0.29, 0.717) is 18.1 Å². The SMILES string of the molecule is Cc1oc(CN(C)C(C)c2ccccc2Cl)cc1C(=O)O. The molecule has 0 bridgehead atoms. The van der Waals surface area contributed by atoms with Crippen molar-refractivity contribution in [2.75, 3.05) is 7.05 Å². The van der Waals surface area contributed by atoms with Crippen LogP contribution in [0, 0.1) is 6.92 Å². The van der Waals surface area contributed by atoms with E-state index in [4.69, 9.17) is 21.1 Å². The second-order valence-electron chi connectivity index (χ2n) is 5.10. The molecule has 0 amide bonds. The summed E-state index contributed by atoms with van der Waals surface area (Å²) < 4.78 is 5.51. The molecule has 0 spiro atoms. The van der Waals surface area contributed by atoms with Gasteiger partial charge in [0.25, 0.3) is 0 Å². The Balaban J connectivity index is 2.14. The first-order valence-electron chi connectivity index (χ1n) is 6.67. The van der Waals surface area contributed by atoms with E-state index in [-0.39, 0.29) is 11.6 Å². The van der Waals surface area contributed by atoms with E-state index in [2.05, 4.69) is 11.8 Å². The molecule has 1 aromatic carbocycles. The molecule has 21 heavy (non-hydrogen) atoms. The van der Waals surface area contributed by atoms with Gasteiger partial charge in [0.2, 0.25) is 0 Å². The van der Waals surface area contributed by atoms with Crippen molar-refractivity contribution >= 4 is 17.6 Å². The molecule has 1 heterocycles. The zero-order valence-corrected chi connectivity index (χ0v) is 13.0. The molecule has 0 saturated carbocycles. The fourth-order valence-electron chi connectivity index (χ4n) is 2.27. The second-order valence-corrected chi connectivity index (χ2v) is 5.51. The summed E-state index contributed by atoms with van der Waals surface area (Å²) in [7, 11) is 1.95. The fourth-order valence-corrected chi connectivity index (χ4v) is 2.56. The Morgan fingerprint density at radius 3 is 2.67 bits per heavy atom. The minimum Gasteiger partial charge on any atom is -0.478 e. The third kappa shape index (κ3) is 3.46. The second kappa shape index (κ2) is 6.33. The molecule has 1 unspecified atom stereocenters. The number of carboxylic acid groups (broad SMARTS) is 1. The van der Waals surface area contributed by atoms with E-state index < -0.39 is 5.97 Å². The van der Waals surface area contributed by atoms with Crippen LogP contribution in [-0.2, 0) is 6.54 Å². The van der Waals surface area contributed by atoms with Crippen LogP contribution in [-0.4, -0.2) is 23.0 Å². The van der Waals surface area contributed by atoms with Crippen LogP contribution in [0.1, 0.15) is 40.4 Å². The van der Waals surface area contributed by atoms with Crippen molar-refractivity contribution in [3.05, 3.63) is 58.0 Å². The molecule has 0 radical (unpaired) electrons. The molecule has 2 rings (SSSR count). The Labute approximate surface area is 128 Å². The van der Waals surface area contributed by atoms with Gasteiger partial charge in [-0.3, -0.25) is 4.90 Å². The predicted molar refractivity (Wildman–Crippen MR) is 81.7 cm³/mol. The maximum Gasteiger partial charge on any atom is 0.339 e. The van der Waals surface area contributed by atoms with Crippen LogP contribution in [0.4, 0.5) is 0 Å². The fraction of sp³-hybridized carbons (Fsp3) is 0.312. The summed E-state index contributed by atoms with van der Waals surface area (Å²) in [6.45, 7) is 4.22. The molecule has 0 fully saturated rings. The number of aryl methyl sites for hydroxylation is 1. The monoisotopic (exact) mass is 307 g/mol. The first-order chi connectivity index (χ1) is 9.90. The highest BCUT2D eigenvalue weighted by Crippen LogP contribution is 2.27. The molecular weight excluding hydrogens is 290 g/mol. The maximum atomic E-state index is 11.0. The molecule has 0 aliphatic heterocycles. The quantitative estimate of drug-likeness (QED) is 0.902. The van der Waals surface area contributed by atoms with Crippen LogP contribution in [0.25, 0.3) is 0 Å². The molecule has 5 heteroatoms. The topological polar surface area (TPSA) is 53.7 Å². The lowest BCUT2D eigenvalue weighted by Gasteiger charge is -2.24. The Kier molecular flexibility index (Phi) is 4.70. The van der Waals surface area contributed by atoms with Crippen LogP contribution < -0.4 is 0 Å². The number of nitrogens with zero attached hydrogens (tertiary/aromatic N) is 1. The Bertz CT molecular complexity index is 651. The molecule has 0 saturated heterocycles. The highest BCUT2D eigenvalue weighted by atomic mass is 35.5. The molecule has 112 valence electrons. The van der Waals surface area contributed by atoms with E-state index in [1.54, 1.807) is 13.0 Å². The number of carboxylic acids is 1. The van der Waals surface area contributed by atoms with Gasteiger partial charge in [-0.15, -0.1) is 0 Å². The third-order valence-corrected chi connectivity index (χ3v) is 3.97. The van der Waals surface area contributed by atoms with E-state index in [1.165, 1.54) is 0 Å². The molecule has 0 aliphatic carbocycles. The largest absolute Gasteiger partial charge is 0.478 e. The molecule has 1 N–H and O–H groups in total. The van der Waals surface area contributed by atoms with Gasteiger partial charge in [0.05, 0.1) is 6.54 Å². The summed E-state index contributed by atoms with van der Waals surface area (Å²) in [6.07, 6.45) is 0. The van der Waals surface area contributed by atoms with Crippen molar-refractivity contribution in [1.82, 2.24) is 4.90 Å². The third-order valence-electron chi connectivity index (χ3n) is 3.62. The highest BCUT2D eigenvalue weighted by Gasteiger charge is 2.18. The van der Waals surface area contributed by atoms with E-state index >= 15 is 0 Å². The number of benzene rings is 1. The first-order valence-corrected chi connectivity index (χ1v) is 7.05. The number of carbonyl (C=O) groups is 1. The molecular formula is C16H18ClNO3. The average molecular weight is 308 g/mol. The minimum absolute atomic E-state index is 0.0948. The van der Waals surface area contributed by atoms with Crippen LogP contribution in [0.5, 0.6) is 0 Å². The van der Waals surface area contributed by atoms with Gasteiger partial charge in [0, 0.05) is 11.1 Å². The standard InChI is InChI=1S/C16H18ClNO3/c1-10(13-6-4-5-7-15(13)17)18(3)9-12-8-14(16(19)20)11(2)21-12/h4-8,10H,9H2,1-3H3,(H,19,20). The van der Waals surface area contributed by atoms with Crippen LogP contribution >= 0.6 is 11.6 Å². The van der Waals surface area contributed by atoms with Gasteiger partial charge < -0.3 is 9.52 Å². The number of hydrogen-bond donors (Lipinski definition) is 1. The summed E-state index contributed by atoms with van der Waals surface area (Å²) in [6, 6.07) is 9.37. The van der Waals surface area contributed by atoms with Gasteiger partial charge in [0.1, 0.15) is 17.1 Å². The van der Waals surface area contributed by atoms with Crippen LogP contribution in [0.2, 0.25) is 5.02 Å². The molecule has 2 aromatic rings. The zero-order valence-electron chi connectivity index (χ0n) is 12.3. The van der Waals surface area contributed by atoms with Gasteiger partial charge in [-0.05, 0) is 38.6 Å². The lowest BCUT2D eigenvalue weighted by atomic mass is 10.1. The number of aromatic carboxylic acids is 1. The van der Waals surface area contributed by atoms with E-state index in [9.17, 15) is 4.79 Å². The molecule has 1 atom stereocenters. The van der Waals surface area contributed by atoms with Gasteiger partial charge in [-0.25, -0.2) is 4.79 Å². The number of hydrogen-bond acceptors (Lipinski definition) is 3. The Morgan fingerprint density at radius 2 is 2.10 bits per heavy atom. The summed E-state index contributed by atoms with van der Waals surface area (Å²) in [5.74, 6) is 0.0897. The number of rotatable bonds is 5. The van der Waals surface area contributed by atoms with E-state index in [0.717, 1.165) is 10.6 Å². The average Bonchev–Trinajstić information content (AvgIpc) is 2.79. The van der Waals surface area contributed by atoms with Crippen molar-refractivity contribution in [2.45, 2.75) is 26.4 Å². The highest BCUT2D eigenvalue weighted by molar-refractivity contribution is 6.31. The normalized spacial score (nSPS) is 12.6. The summed E-state index contributed by atoms with van der Waals surface area (Å²) >= 11 is 6.21. The summed E-state index contributed by atoms with van der Waals surface area (Å²) in [5, 5.41) is 9.77. The van der Waals surface area contributed by atoms with E-state index in [1.807, 2.05) is 31.3 Å². The van der Waals surface area contributed by atoms with Crippen molar-refractivity contribution in [3.63, 3.8) is 0 Å². The molecule has 0 aliphatic rings. The van der Waals surface area contributed by atoms with Crippen molar-refractivity contribution in [2.24, 2.45) is 0 Å². The zero-order chi connectivity index (χ0) is 15.6. The lowest BCUT2D eigenvalue weighted by Crippen LogP contribution is -2.21. The first kappa shape index (κ1) is 15.6. The number of furan rings is 1. The van der Waals surface area contributed by atoms with Gasteiger partial charge in [0.15, 0.2) is 0 Å². The van der Waals surface area contributed by atoms with Crippen LogP contribution in [0.3, 0.4) is 0 Å². The Hall–Kier alpha value is -1.78. The molecule has 4 nitrogen and oxygen atoms in total. The lowest BCUT2D eigenvalue weighted by molar-refractivity contribution is 0.0695. The Morgan fingerprint density at radius 1 is 1.43 bits per heavy atom. The summed E-state index contributed by atoms with van der Waals surface area (Å²) in [5.41, 5.74) is 1.24. The smallest absolute Gasteiger partial charge is 0.339 e. The van der Waals surface area contributed by atoms with Crippen LogP contribution in [0.15, 0.2) is 34.7 Å². The predicted octanol–water partition coefficient (Wildman–Crippen LogP) is 4.13. The minimum atomic E-state index is -0.968. The van der Waals surface area contributed by atoms with Crippen molar-refractivity contribution in [3.8, 4) is 0 Å². The van der Waals surface area contributed by atoms with Crippen molar-refractivity contribution < 1.29 is 14.3 Å². The van der Waals surface area contributed by atoms with Gasteiger partial charge in [-0.1, -0.05) is 29.8 Å². The maximum absolute atomic E-state index is 11.0. The summed E-state index contributed by atoms with van der Waals surface area (Å²) in [4.78, 5) is 13.1.